The highest BCUT2D eigenvalue weighted by Crippen LogP contribution is 2.30. The van der Waals surface area contributed by atoms with E-state index in [-0.39, 0.29) is 0 Å². The molecule has 1 heterocycles. The number of rotatable bonds is 7. The van der Waals surface area contributed by atoms with Gasteiger partial charge in [0.25, 0.3) is 0 Å². The van der Waals surface area contributed by atoms with Gasteiger partial charge in [-0.3, -0.25) is 4.90 Å². The number of nitrogens with zero attached hydrogens (tertiary/aromatic N) is 1. The van der Waals surface area contributed by atoms with Gasteiger partial charge in [0, 0.05) is 26.2 Å². The number of ether oxygens (including phenoxy) is 1. The van der Waals surface area contributed by atoms with E-state index >= 15 is 0 Å². The van der Waals surface area contributed by atoms with Crippen molar-refractivity contribution in [1.82, 2.24) is 10.2 Å². The first-order valence-electron chi connectivity index (χ1n) is 8.37. The second-order valence-electron chi connectivity index (χ2n) is 6.57. The summed E-state index contributed by atoms with van der Waals surface area (Å²) in [5, 5.41) is 3.55. The molecule has 0 spiro atoms. The van der Waals surface area contributed by atoms with Crippen molar-refractivity contribution in [2.45, 2.75) is 44.9 Å². The minimum Gasteiger partial charge on any atom is -0.380 e. The van der Waals surface area contributed by atoms with Crippen LogP contribution in [-0.2, 0) is 17.9 Å². The second kappa shape index (κ2) is 7.39. The third kappa shape index (κ3) is 4.29. The fraction of sp³-hybridized carbons (Fsp3) is 0.667. The van der Waals surface area contributed by atoms with Gasteiger partial charge in [-0.15, -0.1) is 0 Å². The lowest BCUT2D eigenvalue weighted by molar-refractivity contribution is 0.176. The van der Waals surface area contributed by atoms with Crippen LogP contribution in [0.4, 0.5) is 0 Å². The van der Waals surface area contributed by atoms with Gasteiger partial charge >= 0.3 is 0 Å². The van der Waals surface area contributed by atoms with E-state index in [2.05, 4.69) is 34.5 Å². The van der Waals surface area contributed by atoms with Crippen LogP contribution < -0.4 is 5.32 Å². The Balaban J connectivity index is 1.64. The molecule has 0 amide bonds. The first-order valence-corrected chi connectivity index (χ1v) is 8.37. The summed E-state index contributed by atoms with van der Waals surface area (Å²) in [4.78, 5) is 2.71. The average Bonchev–Trinajstić information content (AvgIpc) is 3.35. The van der Waals surface area contributed by atoms with Crippen LogP contribution in [0.2, 0.25) is 0 Å². The van der Waals surface area contributed by atoms with Crippen LogP contribution in [0.3, 0.4) is 0 Å². The minimum atomic E-state index is 0.722. The number of hydrogen-bond donors (Lipinski definition) is 1. The largest absolute Gasteiger partial charge is 0.380 e. The molecule has 21 heavy (non-hydrogen) atoms. The topological polar surface area (TPSA) is 24.5 Å². The van der Waals surface area contributed by atoms with Crippen molar-refractivity contribution in [3.05, 3.63) is 35.4 Å². The van der Waals surface area contributed by atoms with Gasteiger partial charge in [-0.05, 0) is 55.8 Å². The molecule has 3 nitrogen and oxygen atoms in total. The molecule has 2 aliphatic rings. The normalized spacial score (nSPS) is 22.7. The van der Waals surface area contributed by atoms with Gasteiger partial charge in [-0.1, -0.05) is 24.3 Å². The molecule has 1 unspecified atom stereocenters. The Kier molecular flexibility index (Phi) is 5.28. The van der Waals surface area contributed by atoms with Crippen LogP contribution in [0.25, 0.3) is 0 Å². The summed E-state index contributed by atoms with van der Waals surface area (Å²) >= 11 is 0. The molecular weight excluding hydrogens is 260 g/mol. The Morgan fingerprint density at radius 1 is 1.19 bits per heavy atom. The van der Waals surface area contributed by atoms with Gasteiger partial charge in [0.1, 0.15) is 0 Å². The number of hydrogen-bond acceptors (Lipinski definition) is 3. The van der Waals surface area contributed by atoms with Gasteiger partial charge in [0.2, 0.25) is 0 Å². The molecule has 1 N–H and O–H groups in total. The zero-order valence-corrected chi connectivity index (χ0v) is 13.2. The van der Waals surface area contributed by atoms with E-state index < -0.39 is 0 Å². The van der Waals surface area contributed by atoms with E-state index in [4.69, 9.17) is 4.74 Å². The van der Waals surface area contributed by atoms with Gasteiger partial charge in [-0.25, -0.2) is 0 Å². The molecule has 1 aliphatic heterocycles. The zero-order valence-electron chi connectivity index (χ0n) is 13.2. The van der Waals surface area contributed by atoms with E-state index in [1.807, 2.05) is 0 Å². The number of nitrogens with one attached hydrogen (secondary N) is 1. The summed E-state index contributed by atoms with van der Waals surface area (Å²) < 4.78 is 5.35. The lowest BCUT2D eigenvalue weighted by Crippen LogP contribution is -2.39. The van der Waals surface area contributed by atoms with Crippen LogP contribution in [0.1, 0.15) is 36.8 Å². The fourth-order valence-electron chi connectivity index (χ4n) is 3.42. The number of methoxy groups -OCH3 is 1. The van der Waals surface area contributed by atoms with Crippen molar-refractivity contribution >= 4 is 0 Å². The molecule has 1 saturated heterocycles. The summed E-state index contributed by atoms with van der Waals surface area (Å²) in [6.07, 6.45) is 5.48. The molecular formula is C18H28N2O. The van der Waals surface area contributed by atoms with Gasteiger partial charge in [0.05, 0.1) is 6.61 Å². The Morgan fingerprint density at radius 3 is 2.67 bits per heavy atom. The molecule has 1 atom stereocenters. The van der Waals surface area contributed by atoms with E-state index in [0.29, 0.717) is 0 Å². The smallest absolute Gasteiger partial charge is 0.0716 e. The quantitative estimate of drug-likeness (QED) is 0.835. The maximum Gasteiger partial charge on any atom is 0.0716 e. The molecule has 1 aromatic rings. The minimum absolute atomic E-state index is 0.722. The van der Waals surface area contributed by atoms with Gasteiger partial charge < -0.3 is 10.1 Å². The molecule has 3 heteroatoms. The maximum atomic E-state index is 5.35. The van der Waals surface area contributed by atoms with Gasteiger partial charge in [-0.2, -0.15) is 0 Å². The van der Waals surface area contributed by atoms with E-state index in [1.165, 1.54) is 56.4 Å². The van der Waals surface area contributed by atoms with E-state index in [9.17, 15) is 0 Å². The molecule has 0 bridgehead atoms. The Labute approximate surface area is 128 Å². The van der Waals surface area contributed by atoms with Crippen molar-refractivity contribution in [3.63, 3.8) is 0 Å². The van der Waals surface area contributed by atoms with Crippen LogP contribution in [0.5, 0.6) is 0 Å². The predicted octanol–water partition coefficient (Wildman–Crippen LogP) is 2.80. The molecule has 116 valence electrons. The number of benzene rings is 1. The van der Waals surface area contributed by atoms with Crippen molar-refractivity contribution < 1.29 is 4.74 Å². The maximum absolute atomic E-state index is 5.35. The Morgan fingerprint density at radius 2 is 2.00 bits per heavy atom. The highest BCUT2D eigenvalue weighted by atomic mass is 16.5. The van der Waals surface area contributed by atoms with E-state index in [0.717, 1.165) is 25.1 Å². The van der Waals surface area contributed by atoms with Crippen LogP contribution >= 0.6 is 0 Å². The highest BCUT2D eigenvalue weighted by molar-refractivity contribution is 5.26. The summed E-state index contributed by atoms with van der Waals surface area (Å²) in [6, 6.07) is 9.56. The highest BCUT2D eigenvalue weighted by Gasteiger charge is 2.31. The molecule has 3 rings (SSSR count). The third-order valence-corrected chi connectivity index (χ3v) is 4.75. The van der Waals surface area contributed by atoms with Crippen molar-refractivity contribution in [2.24, 2.45) is 5.92 Å². The van der Waals surface area contributed by atoms with Crippen LogP contribution in [-0.4, -0.2) is 37.7 Å². The molecule has 0 radical (unpaired) electrons. The SMILES string of the molecule is COCc1ccccc1CN(CC1CCCNC1)C1CC1. The first-order chi connectivity index (χ1) is 10.4. The van der Waals surface area contributed by atoms with Gasteiger partial charge in [0.15, 0.2) is 0 Å². The monoisotopic (exact) mass is 288 g/mol. The van der Waals surface area contributed by atoms with Crippen molar-refractivity contribution in [3.8, 4) is 0 Å². The molecule has 1 aromatic carbocycles. The first kappa shape index (κ1) is 15.0. The predicted molar refractivity (Wildman–Crippen MR) is 86.2 cm³/mol. The lowest BCUT2D eigenvalue weighted by atomic mass is 9.98. The number of piperidine rings is 1. The summed E-state index contributed by atoms with van der Waals surface area (Å²) in [5.41, 5.74) is 2.78. The van der Waals surface area contributed by atoms with Crippen molar-refractivity contribution in [2.75, 3.05) is 26.7 Å². The van der Waals surface area contributed by atoms with E-state index in [1.54, 1.807) is 7.11 Å². The fourth-order valence-corrected chi connectivity index (χ4v) is 3.42. The third-order valence-electron chi connectivity index (χ3n) is 4.75. The molecule has 1 aliphatic carbocycles. The van der Waals surface area contributed by atoms with Crippen molar-refractivity contribution in [1.29, 1.82) is 0 Å². The lowest BCUT2D eigenvalue weighted by Gasteiger charge is -2.30. The summed E-state index contributed by atoms with van der Waals surface area (Å²) in [7, 11) is 1.78. The molecule has 2 fully saturated rings. The average molecular weight is 288 g/mol. The molecule has 1 saturated carbocycles. The second-order valence-corrected chi connectivity index (χ2v) is 6.57. The zero-order chi connectivity index (χ0) is 14.5. The molecule has 0 aromatic heterocycles. The Hall–Kier alpha value is -0.900. The standard InChI is InChI=1S/C18H28N2O/c1-21-14-17-7-3-2-6-16(17)13-20(18-8-9-18)12-15-5-4-10-19-11-15/h2-3,6-7,15,18-19H,4-5,8-14H2,1H3. The summed E-state index contributed by atoms with van der Waals surface area (Å²) in [5.74, 6) is 0.828. The Bertz CT molecular complexity index is 439. The van der Waals surface area contributed by atoms with Crippen LogP contribution in [0, 0.1) is 5.92 Å². The summed E-state index contributed by atoms with van der Waals surface area (Å²) in [6.45, 7) is 5.46. The van der Waals surface area contributed by atoms with Crippen LogP contribution in [0.15, 0.2) is 24.3 Å².